The third-order valence-corrected chi connectivity index (χ3v) is 5.96. The van der Waals surface area contributed by atoms with Crippen molar-refractivity contribution in [3.8, 4) is 27.6 Å². The monoisotopic (exact) mass is 415 g/mol. The van der Waals surface area contributed by atoms with Gasteiger partial charge < -0.3 is 9.47 Å². The van der Waals surface area contributed by atoms with Crippen LogP contribution in [0.1, 0.15) is 17.4 Å². The highest BCUT2D eigenvalue weighted by Crippen LogP contribution is 2.37. The lowest BCUT2D eigenvalue weighted by Gasteiger charge is -2.10. The predicted octanol–water partition coefficient (Wildman–Crippen LogP) is 5.07. The molecular formula is C24H21N3O2S. The quantitative estimate of drug-likeness (QED) is 0.427. The van der Waals surface area contributed by atoms with Crippen LogP contribution in [-0.4, -0.2) is 23.3 Å². The topological polar surface area (TPSA) is 59.6 Å². The summed E-state index contributed by atoms with van der Waals surface area (Å²) in [4.78, 5) is 10.8. The molecule has 0 amide bonds. The van der Waals surface area contributed by atoms with Gasteiger partial charge in [-0.15, -0.1) is 11.3 Å². The second kappa shape index (κ2) is 8.36. The second-order valence-corrected chi connectivity index (χ2v) is 7.97. The van der Waals surface area contributed by atoms with Crippen LogP contribution in [0, 0.1) is 0 Å². The summed E-state index contributed by atoms with van der Waals surface area (Å²) in [5.41, 5.74) is 4.86. The highest BCUT2D eigenvalue weighted by Gasteiger charge is 2.39. The molecule has 2 atom stereocenters. The van der Waals surface area contributed by atoms with Gasteiger partial charge in [0.25, 0.3) is 0 Å². The van der Waals surface area contributed by atoms with Crippen LogP contribution < -0.4 is 10.1 Å². The van der Waals surface area contributed by atoms with Crippen LogP contribution in [0.25, 0.3) is 21.8 Å². The summed E-state index contributed by atoms with van der Waals surface area (Å²) >= 11 is 1.67. The first-order chi connectivity index (χ1) is 14.8. The number of methoxy groups -OCH3 is 1. The molecule has 2 aromatic carbocycles. The van der Waals surface area contributed by atoms with E-state index in [1.54, 1.807) is 18.4 Å². The van der Waals surface area contributed by atoms with Crippen LogP contribution in [0.15, 0.2) is 78.3 Å². The Balaban J connectivity index is 1.37. The van der Waals surface area contributed by atoms with E-state index in [0.29, 0.717) is 6.54 Å². The smallest absolute Gasteiger partial charge is 0.140 e. The predicted molar refractivity (Wildman–Crippen MR) is 118 cm³/mol. The fourth-order valence-electron chi connectivity index (χ4n) is 3.42. The first-order valence-electron chi connectivity index (χ1n) is 9.80. The molecule has 2 unspecified atom stereocenters. The number of nitrogens with one attached hydrogen (secondary N) is 1. The molecule has 150 valence electrons. The third kappa shape index (κ3) is 3.98. The van der Waals surface area contributed by atoms with Crippen LogP contribution in [0.4, 0.5) is 0 Å². The maximum atomic E-state index is 5.80. The molecule has 5 rings (SSSR count). The lowest BCUT2D eigenvalue weighted by Crippen LogP contribution is -2.19. The minimum absolute atomic E-state index is 0.00616. The van der Waals surface area contributed by atoms with Crippen molar-refractivity contribution < 1.29 is 9.47 Å². The summed E-state index contributed by atoms with van der Waals surface area (Å²) in [5.74, 6) is 0.823. The van der Waals surface area contributed by atoms with E-state index in [4.69, 9.17) is 19.4 Å². The van der Waals surface area contributed by atoms with Crippen LogP contribution >= 0.6 is 11.3 Å². The normalized spacial score (nSPS) is 17.6. The minimum atomic E-state index is 0.00616. The average molecular weight is 416 g/mol. The van der Waals surface area contributed by atoms with Crippen molar-refractivity contribution >= 4 is 11.3 Å². The van der Waals surface area contributed by atoms with Crippen molar-refractivity contribution in [3.05, 3.63) is 89.6 Å². The maximum absolute atomic E-state index is 5.80. The lowest BCUT2D eigenvalue weighted by molar-refractivity contribution is 0.345. The third-order valence-electron chi connectivity index (χ3n) is 5.08. The Hall–Kier alpha value is -3.06. The fourth-order valence-corrected chi connectivity index (χ4v) is 4.15. The molecule has 0 radical (unpaired) electrons. The van der Waals surface area contributed by atoms with Crippen molar-refractivity contribution in [1.29, 1.82) is 0 Å². The molecule has 0 spiro atoms. The van der Waals surface area contributed by atoms with Crippen LogP contribution in [0.3, 0.4) is 0 Å². The molecule has 30 heavy (non-hydrogen) atoms. The average Bonchev–Trinajstić information content (AvgIpc) is 3.39. The summed E-state index contributed by atoms with van der Waals surface area (Å²) in [7, 11) is 1.66. The lowest BCUT2D eigenvalue weighted by atomic mass is 10.1. The van der Waals surface area contributed by atoms with Gasteiger partial charge in [-0.1, -0.05) is 36.4 Å². The Morgan fingerprint density at radius 1 is 1.03 bits per heavy atom. The Labute approximate surface area is 179 Å². The van der Waals surface area contributed by atoms with Gasteiger partial charge >= 0.3 is 0 Å². The van der Waals surface area contributed by atoms with Gasteiger partial charge in [0, 0.05) is 12.1 Å². The van der Waals surface area contributed by atoms with E-state index in [-0.39, 0.29) is 12.3 Å². The molecule has 0 aliphatic carbocycles. The van der Waals surface area contributed by atoms with Gasteiger partial charge in [-0.25, -0.2) is 4.98 Å². The summed E-state index contributed by atoms with van der Waals surface area (Å²) in [6.07, 6.45) is 1.94. The summed E-state index contributed by atoms with van der Waals surface area (Å²) in [6, 6.07) is 22.3. The summed E-state index contributed by atoms with van der Waals surface area (Å²) < 4.78 is 11.1. The molecular weight excluding hydrogens is 394 g/mol. The molecule has 2 aromatic heterocycles. The molecule has 5 nitrogen and oxygen atoms in total. The van der Waals surface area contributed by atoms with Gasteiger partial charge in [-0.3, -0.25) is 10.3 Å². The molecule has 0 bridgehead atoms. The van der Waals surface area contributed by atoms with Gasteiger partial charge in [0.2, 0.25) is 0 Å². The van der Waals surface area contributed by atoms with E-state index < -0.39 is 0 Å². The van der Waals surface area contributed by atoms with Crippen molar-refractivity contribution in [2.45, 2.75) is 18.9 Å². The maximum Gasteiger partial charge on any atom is 0.140 e. The minimum Gasteiger partial charge on any atom is -0.497 e. The molecule has 1 aliphatic rings. The Bertz CT molecular complexity index is 1120. The molecule has 1 saturated heterocycles. The fraction of sp³-hybridized carbons (Fsp3) is 0.167. The summed E-state index contributed by atoms with van der Waals surface area (Å²) in [6.45, 7) is 0.594. The van der Waals surface area contributed by atoms with Crippen LogP contribution in [0.2, 0.25) is 0 Å². The van der Waals surface area contributed by atoms with E-state index in [1.807, 2.05) is 54.7 Å². The number of nitrogens with zero attached hydrogens (tertiary/aromatic N) is 2. The van der Waals surface area contributed by atoms with E-state index in [9.17, 15) is 0 Å². The van der Waals surface area contributed by atoms with Gasteiger partial charge in [0.05, 0.1) is 29.6 Å². The van der Waals surface area contributed by atoms with Gasteiger partial charge in [0.15, 0.2) is 0 Å². The van der Waals surface area contributed by atoms with Crippen LogP contribution in [-0.2, 0) is 11.3 Å². The zero-order chi connectivity index (χ0) is 20.3. The SMILES string of the molecule is COc1ccc(-c2cnc(CNC3OC3c3ccccc3)c(-c3cccs3)n2)cc1. The first kappa shape index (κ1) is 18.9. The molecule has 0 saturated carbocycles. The highest BCUT2D eigenvalue weighted by molar-refractivity contribution is 7.13. The molecule has 3 heterocycles. The number of aromatic nitrogens is 2. The Kier molecular flexibility index (Phi) is 5.27. The van der Waals surface area contributed by atoms with Crippen molar-refractivity contribution in [2.24, 2.45) is 0 Å². The van der Waals surface area contributed by atoms with Gasteiger partial charge in [-0.05, 0) is 41.3 Å². The number of benzene rings is 2. The Morgan fingerprint density at radius 2 is 1.87 bits per heavy atom. The number of hydrogen-bond donors (Lipinski definition) is 1. The molecule has 4 aromatic rings. The highest BCUT2D eigenvalue weighted by atomic mass is 32.1. The van der Waals surface area contributed by atoms with E-state index >= 15 is 0 Å². The van der Waals surface area contributed by atoms with E-state index in [1.165, 1.54) is 5.56 Å². The number of thiophene rings is 1. The summed E-state index contributed by atoms with van der Waals surface area (Å²) in [5, 5.41) is 5.52. The van der Waals surface area contributed by atoms with E-state index in [0.717, 1.165) is 33.3 Å². The van der Waals surface area contributed by atoms with Crippen molar-refractivity contribution in [2.75, 3.05) is 7.11 Å². The van der Waals surface area contributed by atoms with Gasteiger partial charge in [-0.2, -0.15) is 0 Å². The van der Waals surface area contributed by atoms with E-state index in [2.05, 4.69) is 28.9 Å². The van der Waals surface area contributed by atoms with Crippen molar-refractivity contribution in [1.82, 2.24) is 15.3 Å². The molecule has 1 N–H and O–H groups in total. The number of ether oxygens (including phenoxy) is 2. The first-order valence-corrected chi connectivity index (χ1v) is 10.7. The van der Waals surface area contributed by atoms with Crippen molar-refractivity contribution in [3.63, 3.8) is 0 Å². The number of hydrogen-bond acceptors (Lipinski definition) is 6. The largest absolute Gasteiger partial charge is 0.497 e. The second-order valence-electron chi connectivity index (χ2n) is 7.03. The molecule has 1 aliphatic heterocycles. The molecule has 6 heteroatoms. The molecule has 1 fully saturated rings. The Morgan fingerprint density at radius 3 is 2.60 bits per heavy atom. The number of rotatable bonds is 7. The standard InChI is InChI=1S/C24H21N3O2S/c1-28-18-11-9-16(10-12-18)19-14-25-20(22(27-19)21-8-5-13-30-21)15-26-24-23(29-24)17-6-3-2-4-7-17/h2-14,23-24,26H,15H2,1H3. The zero-order valence-electron chi connectivity index (χ0n) is 16.5. The zero-order valence-corrected chi connectivity index (χ0v) is 17.3. The van der Waals surface area contributed by atoms with Gasteiger partial charge in [0.1, 0.15) is 23.8 Å². The number of epoxide rings is 1. The van der Waals surface area contributed by atoms with Crippen LogP contribution in [0.5, 0.6) is 5.75 Å².